The molecule has 1 amide bonds. The highest BCUT2D eigenvalue weighted by Gasteiger charge is 2.22. The van der Waals surface area contributed by atoms with Crippen LogP contribution in [0.25, 0.3) is 0 Å². The van der Waals surface area contributed by atoms with Crippen molar-refractivity contribution in [1.29, 1.82) is 0 Å². The van der Waals surface area contributed by atoms with Crippen LogP contribution in [0.3, 0.4) is 0 Å². The molecule has 0 bridgehead atoms. The molecule has 33 heavy (non-hydrogen) atoms. The summed E-state index contributed by atoms with van der Waals surface area (Å²) in [6.07, 6.45) is 18.9. The van der Waals surface area contributed by atoms with Gasteiger partial charge in [0, 0.05) is 42.6 Å². The molecule has 0 aromatic heterocycles. The van der Waals surface area contributed by atoms with Crippen molar-refractivity contribution in [3.05, 3.63) is 76.5 Å². The number of benzene rings is 1. The first-order valence-corrected chi connectivity index (χ1v) is 11.7. The van der Waals surface area contributed by atoms with E-state index < -0.39 is 0 Å². The summed E-state index contributed by atoms with van der Waals surface area (Å²) in [6.45, 7) is 2.65. The fourth-order valence-corrected chi connectivity index (χ4v) is 4.14. The maximum atomic E-state index is 11.9. The lowest BCUT2D eigenvalue weighted by Gasteiger charge is -2.30. The third kappa shape index (κ3) is 7.10. The predicted molar refractivity (Wildman–Crippen MR) is 136 cm³/mol. The molecule has 0 N–H and O–H groups in total. The van der Waals surface area contributed by atoms with Crippen molar-refractivity contribution in [3.8, 4) is 12.3 Å². The maximum Gasteiger partial charge on any atom is 0.269 e. The Bertz CT molecular complexity index is 1000. The molecule has 1 aromatic carbocycles. The first kappa shape index (κ1) is 24.9. The summed E-state index contributed by atoms with van der Waals surface area (Å²) < 4.78 is 0. The first-order valence-electron chi connectivity index (χ1n) is 11.3. The highest BCUT2D eigenvalue weighted by Crippen LogP contribution is 2.36. The second-order valence-electron chi connectivity index (χ2n) is 8.22. The first-order chi connectivity index (χ1) is 16.0. The quantitative estimate of drug-likeness (QED) is 0.217. The average Bonchev–Trinajstić information content (AvgIpc) is 2.96. The molecule has 1 heterocycles. The van der Waals surface area contributed by atoms with Gasteiger partial charge in [-0.15, -0.1) is 6.42 Å². The molecular formula is C27H32ClN3O2. The van der Waals surface area contributed by atoms with Gasteiger partial charge in [0.15, 0.2) is 0 Å². The molecule has 0 unspecified atom stereocenters. The van der Waals surface area contributed by atoms with Crippen LogP contribution in [0.15, 0.2) is 70.9 Å². The molecule has 0 saturated heterocycles. The molecule has 0 saturated carbocycles. The van der Waals surface area contributed by atoms with E-state index in [1.807, 2.05) is 6.08 Å². The number of hydrogen-bond donors (Lipinski definition) is 0. The summed E-state index contributed by atoms with van der Waals surface area (Å²) in [4.78, 5) is 21.6. The molecule has 174 valence electrons. The number of carbonyl (C=O) groups excluding carboxylic acids is 1. The van der Waals surface area contributed by atoms with Gasteiger partial charge in [-0.2, -0.15) is 0 Å². The van der Waals surface area contributed by atoms with Crippen LogP contribution < -0.4 is 4.90 Å². The molecular weight excluding hydrogens is 434 g/mol. The minimum absolute atomic E-state index is 0.0775. The van der Waals surface area contributed by atoms with Gasteiger partial charge in [-0.3, -0.25) is 9.63 Å². The van der Waals surface area contributed by atoms with E-state index in [0.29, 0.717) is 6.54 Å². The van der Waals surface area contributed by atoms with Gasteiger partial charge in [-0.05, 0) is 62.6 Å². The van der Waals surface area contributed by atoms with Crippen molar-refractivity contribution in [1.82, 2.24) is 9.96 Å². The maximum absolute atomic E-state index is 11.9. The lowest BCUT2D eigenvalue weighted by atomic mass is 10.0. The summed E-state index contributed by atoms with van der Waals surface area (Å²) in [6, 6.07) is 8.63. The van der Waals surface area contributed by atoms with Crippen molar-refractivity contribution in [3.63, 3.8) is 0 Å². The number of unbranched alkanes of at least 4 members (excludes halogenated alkanes) is 1. The number of halogens is 1. The number of rotatable bonds is 10. The number of terminal acetylenes is 1. The molecule has 0 atom stereocenters. The van der Waals surface area contributed by atoms with Crippen molar-refractivity contribution in [2.45, 2.75) is 25.7 Å². The molecule has 0 radical (unpaired) electrons. The average molecular weight is 466 g/mol. The van der Waals surface area contributed by atoms with Gasteiger partial charge in [-0.25, -0.2) is 5.06 Å². The van der Waals surface area contributed by atoms with Crippen molar-refractivity contribution in [2.24, 2.45) is 0 Å². The smallest absolute Gasteiger partial charge is 0.269 e. The molecule has 1 aromatic rings. The van der Waals surface area contributed by atoms with E-state index in [-0.39, 0.29) is 12.5 Å². The third-order valence-electron chi connectivity index (χ3n) is 5.76. The van der Waals surface area contributed by atoms with E-state index in [1.165, 1.54) is 28.6 Å². The Labute approximate surface area is 202 Å². The highest BCUT2D eigenvalue weighted by atomic mass is 35.5. The number of hydroxylamine groups is 2. The number of likely N-dealkylation sites (N-methyl/N-ethyl adjacent to an activating group) is 2. The third-order valence-corrected chi connectivity index (χ3v) is 6.03. The summed E-state index contributed by atoms with van der Waals surface area (Å²) in [5, 5.41) is 1.96. The summed E-state index contributed by atoms with van der Waals surface area (Å²) in [5.74, 6) is 2.11. The summed E-state index contributed by atoms with van der Waals surface area (Å²) in [7, 11) is 3.61. The van der Waals surface area contributed by atoms with E-state index in [4.69, 9.17) is 22.9 Å². The molecule has 1 aliphatic carbocycles. The number of fused-ring (bicyclic) bond motifs is 2. The minimum atomic E-state index is -0.226. The molecule has 1 aliphatic heterocycles. The zero-order valence-corrected chi connectivity index (χ0v) is 20.2. The lowest BCUT2D eigenvalue weighted by Crippen LogP contribution is -2.27. The minimum Gasteiger partial charge on any atom is -0.341 e. The molecule has 5 nitrogen and oxygen atoms in total. The molecule has 6 heteroatoms. The Morgan fingerprint density at radius 3 is 2.88 bits per heavy atom. The van der Waals surface area contributed by atoms with Crippen molar-refractivity contribution < 1.29 is 9.63 Å². The second-order valence-corrected chi connectivity index (χ2v) is 8.66. The van der Waals surface area contributed by atoms with Gasteiger partial charge in [0.2, 0.25) is 0 Å². The molecule has 3 rings (SSSR count). The fourth-order valence-electron chi connectivity index (χ4n) is 3.96. The highest BCUT2D eigenvalue weighted by molar-refractivity contribution is 6.31. The van der Waals surface area contributed by atoms with Crippen LogP contribution in [0.5, 0.6) is 0 Å². The Balaban J connectivity index is 1.51. The van der Waals surface area contributed by atoms with E-state index >= 15 is 0 Å². The molecule has 0 spiro atoms. The summed E-state index contributed by atoms with van der Waals surface area (Å²) in [5.41, 5.74) is 5.18. The van der Waals surface area contributed by atoms with Gasteiger partial charge in [0.25, 0.3) is 5.91 Å². The second kappa shape index (κ2) is 12.5. The van der Waals surface area contributed by atoms with Crippen LogP contribution in [0.1, 0.15) is 24.8 Å². The van der Waals surface area contributed by atoms with E-state index in [1.54, 1.807) is 7.05 Å². The number of allylic oxidation sites excluding steroid dienone is 5. The Morgan fingerprint density at radius 1 is 1.24 bits per heavy atom. The van der Waals surface area contributed by atoms with Gasteiger partial charge in [0.05, 0.1) is 0 Å². The van der Waals surface area contributed by atoms with Crippen molar-refractivity contribution in [2.75, 3.05) is 45.2 Å². The number of carbonyl (C=O) groups is 1. The van der Waals surface area contributed by atoms with E-state index in [0.717, 1.165) is 48.9 Å². The number of amides is 1. The molecule has 0 fully saturated rings. The Kier molecular flexibility index (Phi) is 9.38. The van der Waals surface area contributed by atoms with Crippen LogP contribution in [-0.4, -0.2) is 56.2 Å². The van der Waals surface area contributed by atoms with Gasteiger partial charge in [-0.1, -0.05) is 53.9 Å². The van der Waals surface area contributed by atoms with Crippen LogP contribution in [0.2, 0.25) is 0 Å². The Morgan fingerprint density at radius 2 is 2.06 bits per heavy atom. The number of anilines is 1. The SMILES string of the molecule is C#CCON(C)C(=O)/C=C/CN(C)CCCCN1C2=CC(Cl)=CCC2=CCc2ccccc21. The van der Waals surface area contributed by atoms with Gasteiger partial charge >= 0.3 is 0 Å². The van der Waals surface area contributed by atoms with E-state index in [2.05, 4.69) is 65.3 Å². The van der Waals surface area contributed by atoms with Crippen LogP contribution >= 0.6 is 11.6 Å². The number of nitrogens with zero attached hydrogens (tertiary/aromatic N) is 3. The molecule has 2 aliphatic rings. The van der Waals surface area contributed by atoms with Gasteiger partial charge in [0.1, 0.15) is 6.61 Å². The number of hydrogen-bond acceptors (Lipinski definition) is 4. The lowest BCUT2D eigenvalue weighted by molar-refractivity contribution is -0.167. The van der Waals surface area contributed by atoms with Crippen molar-refractivity contribution >= 4 is 23.2 Å². The standard InChI is InChI=1S/C27H32ClN3O2/c1-4-20-33-30(3)27(32)12-9-18-29(2)17-7-8-19-31-25-11-6-5-10-22(25)13-14-23-15-16-24(28)21-26(23)31/h1,5-6,9-12,14,16,21H,7-8,13,15,17-20H2,2-3H3/b12-9+. The predicted octanol–water partition coefficient (Wildman–Crippen LogP) is 4.68. The summed E-state index contributed by atoms with van der Waals surface area (Å²) >= 11 is 6.37. The Hall–Kier alpha value is -2.78. The zero-order chi connectivity index (χ0) is 23.6. The zero-order valence-electron chi connectivity index (χ0n) is 19.5. The fraction of sp³-hybridized carbons (Fsp3) is 0.370. The normalized spacial score (nSPS) is 15.2. The largest absolute Gasteiger partial charge is 0.341 e. The number of para-hydroxylation sites is 1. The van der Waals surface area contributed by atoms with Crippen LogP contribution in [0, 0.1) is 12.3 Å². The van der Waals surface area contributed by atoms with Crippen LogP contribution in [-0.2, 0) is 16.1 Å². The monoisotopic (exact) mass is 465 g/mol. The topological polar surface area (TPSA) is 36.0 Å². The van der Waals surface area contributed by atoms with Crippen LogP contribution in [0.4, 0.5) is 5.69 Å². The van der Waals surface area contributed by atoms with Gasteiger partial charge < -0.3 is 9.80 Å². The van der Waals surface area contributed by atoms with E-state index in [9.17, 15) is 4.79 Å².